The largest absolute Gasteiger partial charge is 0.330 e. The average molecular weight is 293 g/mol. The van der Waals surface area contributed by atoms with E-state index in [2.05, 4.69) is 10.2 Å². The van der Waals surface area contributed by atoms with Gasteiger partial charge in [0.15, 0.2) is 5.01 Å². The molecular weight excluding hydrogens is 281 g/mol. The van der Waals surface area contributed by atoms with E-state index in [0.717, 1.165) is 37.8 Å². The molecule has 3 rings (SSSR count). The number of halogens is 1. The number of aryl methyl sites for hydroxylation is 1. The molecule has 0 saturated heterocycles. The molecule has 2 N–H and O–H groups in total. The van der Waals surface area contributed by atoms with Crippen LogP contribution in [0.5, 0.6) is 0 Å². The molecule has 0 aliphatic heterocycles. The van der Waals surface area contributed by atoms with Crippen LogP contribution in [0.4, 0.5) is 4.39 Å². The van der Waals surface area contributed by atoms with Crippen molar-refractivity contribution < 1.29 is 4.39 Å². The van der Waals surface area contributed by atoms with Gasteiger partial charge in [-0.2, -0.15) is 0 Å². The van der Waals surface area contributed by atoms with Gasteiger partial charge < -0.3 is 5.73 Å². The maximum Gasteiger partial charge on any atom is 0.157 e. The number of thiophene rings is 1. The molecule has 0 aliphatic carbocycles. The van der Waals surface area contributed by atoms with Gasteiger partial charge in [-0.05, 0) is 36.6 Å². The third-order valence-electron chi connectivity index (χ3n) is 2.75. The quantitative estimate of drug-likeness (QED) is 0.801. The van der Waals surface area contributed by atoms with E-state index < -0.39 is 0 Å². The van der Waals surface area contributed by atoms with Gasteiger partial charge in [-0.25, -0.2) is 4.39 Å². The predicted molar refractivity (Wildman–Crippen MR) is 78.1 cm³/mol. The molecule has 2 heterocycles. The van der Waals surface area contributed by atoms with Crippen molar-refractivity contribution in [2.45, 2.75) is 12.8 Å². The first-order valence-corrected chi connectivity index (χ1v) is 7.61. The lowest BCUT2D eigenvalue weighted by atomic mass is 10.2. The zero-order valence-electron chi connectivity index (χ0n) is 10.1. The van der Waals surface area contributed by atoms with Crippen LogP contribution in [-0.4, -0.2) is 16.7 Å². The first kappa shape index (κ1) is 12.7. The number of rotatable bonds is 4. The van der Waals surface area contributed by atoms with Crippen LogP contribution in [0.15, 0.2) is 24.3 Å². The lowest BCUT2D eigenvalue weighted by Crippen LogP contribution is -1.99. The Morgan fingerprint density at radius 1 is 1.16 bits per heavy atom. The summed E-state index contributed by atoms with van der Waals surface area (Å²) in [5.74, 6) is -0.207. The van der Waals surface area contributed by atoms with Crippen LogP contribution in [0.2, 0.25) is 0 Å². The van der Waals surface area contributed by atoms with Crippen molar-refractivity contribution in [1.82, 2.24) is 10.2 Å². The van der Waals surface area contributed by atoms with Gasteiger partial charge in [0.1, 0.15) is 10.8 Å². The normalized spacial score (nSPS) is 11.3. The van der Waals surface area contributed by atoms with E-state index in [-0.39, 0.29) is 5.82 Å². The predicted octanol–water partition coefficient (Wildman–Crippen LogP) is 3.45. The van der Waals surface area contributed by atoms with E-state index in [1.807, 2.05) is 6.07 Å². The third-order valence-corrected chi connectivity index (χ3v) is 5.00. The molecule has 6 heteroatoms. The summed E-state index contributed by atoms with van der Waals surface area (Å²) in [4.78, 5) is 1.04. The fourth-order valence-corrected chi connectivity index (χ4v) is 3.83. The van der Waals surface area contributed by atoms with Gasteiger partial charge >= 0.3 is 0 Å². The smallest absolute Gasteiger partial charge is 0.157 e. The average Bonchev–Trinajstić information content (AvgIpc) is 3.01. The Morgan fingerprint density at radius 3 is 2.89 bits per heavy atom. The van der Waals surface area contributed by atoms with Crippen molar-refractivity contribution in [3.05, 3.63) is 35.1 Å². The highest BCUT2D eigenvalue weighted by Gasteiger charge is 2.10. The molecule has 0 radical (unpaired) electrons. The summed E-state index contributed by atoms with van der Waals surface area (Å²) < 4.78 is 14.1. The molecule has 1 aromatic carbocycles. The minimum Gasteiger partial charge on any atom is -0.330 e. The molecule has 0 atom stereocenters. The zero-order chi connectivity index (χ0) is 13.2. The van der Waals surface area contributed by atoms with Gasteiger partial charge in [-0.3, -0.25) is 0 Å². The first-order valence-electron chi connectivity index (χ1n) is 5.98. The number of nitrogens with zero attached hydrogens (tertiary/aromatic N) is 2. The Morgan fingerprint density at radius 2 is 2.05 bits per heavy atom. The van der Waals surface area contributed by atoms with Crippen LogP contribution in [-0.2, 0) is 6.42 Å². The summed E-state index contributed by atoms with van der Waals surface area (Å²) in [6, 6.07) is 6.86. The molecule has 0 amide bonds. The maximum atomic E-state index is 13.2. The topological polar surface area (TPSA) is 51.8 Å². The molecule has 3 nitrogen and oxygen atoms in total. The third kappa shape index (κ3) is 2.65. The number of hydrogen-bond donors (Lipinski definition) is 1. The second kappa shape index (κ2) is 5.32. The van der Waals surface area contributed by atoms with Gasteiger partial charge in [0.05, 0.1) is 4.88 Å². The molecular formula is C13H12FN3S2. The van der Waals surface area contributed by atoms with Crippen LogP contribution in [0.1, 0.15) is 11.4 Å². The van der Waals surface area contributed by atoms with Gasteiger partial charge in [0, 0.05) is 11.1 Å². The lowest BCUT2D eigenvalue weighted by Gasteiger charge is -1.89. The molecule has 0 aliphatic rings. The zero-order valence-corrected chi connectivity index (χ0v) is 11.7. The Balaban J connectivity index is 1.92. The van der Waals surface area contributed by atoms with E-state index in [0.29, 0.717) is 6.54 Å². The lowest BCUT2D eigenvalue weighted by molar-refractivity contribution is 0.630. The Kier molecular flexibility index (Phi) is 3.54. The second-order valence-corrected chi connectivity index (χ2v) is 6.33. The summed E-state index contributed by atoms with van der Waals surface area (Å²) in [6.45, 7) is 0.664. The van der Waals surface area contributed by atoms with Gasteiger partial charge in [-0.15, -0.1) is 21.5 Å². The Bertz CT molecular complexity index is 705. The summed E-state index contributed by atoms with van der Waals surface area (Å²) in [6.07, 6.45) is 1.79. The molecule has 0 saturated carbocycles. The summed E-state index contributed by atoms with van der Waals surface area (Å²) in [7, 11) is 0. The maximum absolute atomic E-state index is 13.2. The Labute approximate surface area is 117 Å². The fourth-order valence-electron chi connectivity index (χ4n) is 1.82. The van der Waals surface area contributed by atoms with Gasteiger partial charge in [0.25, 0.3) is 0 Å². The summed E-state index contributed by atoms with van der Waals surface area (Å²) in [5, 5.41) is 11.3. The first-order chi connectivity index (χ1) is 9.26. The van der Waals surface area contributed by atoms with Crippen LogP contribution in [0.3, 0.4) is 0 Å². The number of benzene rings is 1. The van der Waals surface area contributed by atoms with Crippen molar-refractivity contribution in [1.29, 1.82) is 0 Å². The minimum atomic E-state index is -0.207. The molecule has 0 unspecified atom stereocenters. The molecule has 98 valence electrons. The summed E-state index contributed by atoms with van der Waals surface area (Å²) in [5.41, 5.74) is 5.48. The second-order valence-electron chi connectivity index (χ2n) is 4.19. The molecule has 19 heavy (non-hydrogen) atoms. The Hall–Kier alpha value is -1.37. The number of fused-ring (bicyclic) bond motifs is 1. The van der Waals surface area contributed by atoms with Crippen molar-refractivity contribution >= 4 is 32.8 Å². The van der Waals surface area contributed by atoms with E-state index >= 15 is 0 Å². The van der Waals surface area contributed by atoms with E-state index in [1.54, 1.807) is 34.8 Å². The molecule has 2 aromatic heterocycles. The van der Waals surface area contributed by atoms with Crippen molar-refractivity contribution in [2.24, 2.45) is 5.73 Å². The summed E-state index contributed by atoms with van der Waals surface area (Å²) >= 11 is 3.13. The van der Waals surface area contributed by atoms with Crippen LogP contribution in [0.25, 0.3) is 20.0 Å². The number of aromatic nitrogens is 2. The highest BCUT2D eigenvalue weighted by atomic mass is 32.1. The van der Waals surface area contributed by atoms with Crippen LogP contribution < -0.4 is 5.73 Å². The fraction of sp³-hybridized carbons (Fsp3) is 0.231. The molecule has 0 fully saturated rings. The van der Waals surface area contributed by atoms with Crippen molar-refractivity contribution in [3.63, 3.8) is 0 Å². The van der Waals surface area contributed by atoms with Gasteiger partial charge in [-0.1, -0.05) is 17.4 Å². The van der Waals surface area contributed by atoms with Crippen LogP contribution >= 0.6 is 22.7 Å². The van der Waals surface area contributed by atoms with Crippen LogP contribution in [0, 0.1) is 5.82 Å². The molecule has 0 spiro atoms. The van der Waals surface area contributed by atoms with Crippen molar-refractivity contribution in [2.75, 3.05) is 6.54 Å². The standard InChI is InChI=1S/C13H12FN3S2/c14-9-4-3-8-6-11(18-10(8)7-9)13-17-16-12(19-13)2-1-5-15/h3-4,6-7H,1-2,5,15H2. The number of nitrogens with two attached hydrogens (primary N) is 1. The van der Waals surface area contributed by atoms with E-state index in [4.69, 9.17) is 5.73 Å². The highest BCUT2D eigenvalue weighted by molar-refractivity contribution is 7.25. The van der Waals surface area contributed by atoms with E-state index in [9.17, 15) is 4.39 Å². The molecule has 0 bridgehead atoms. The number of hydrogen-bond acceptors (Lipinski definition) is 5. The monoisotopic (exact) mass is 293 g/mol. The molecule has 3 aromatic rings. The van der Waals surface area contributed by atoms with Gasteiger partial charge in [0.2, 0.25) is 0 Å². The van der Waals surface area contributed by atoms with E-state index in [1.165, 1.54) is 6.07 Å². The highest BCUT2D eigenvalue weighted by Crippen LogP contribution is 2.35. The van der Waals surface area contributed by atoms with Crippen molar-refractivity contribution in [3.8, 4) is 9.88 Å². The minimum absolute atomic E-state index is 0.207. The SMILES string of the molecule is NCCCc1nnc(-c2cc3ccc(F)cc3s2)s1.